The molecule has 4 N–H and O–H groups in total. The van der Waals surface area contributed by atoms with Crippen LogP contribution in [0, 0.1) is 0 Å². The van der Waals surface area contributed by atoms with Crippen molar-refractivity contribution in [3.63, 3.8) is 0 Å². The van der Waals surface area contributed by atoms with Crippen molar-refractivity contribution in [3.05, 3.63) is 12.7 Å². The summed E-state index contributed by atoms with van der Waals surface area (Å²) in [4.78, 5) is 16.3. The summed E-state index contributed by atoms with van der Waals surface area (Å²) in [7, 11) is 0. The number of anilines is 2. The third kappa shape index (κ3) is 3.59. The van der Waals surface area contributed by atoms with E-state index in [2.05, 4.69) is 35.8 Å². The van der Waals surface area contributed by atoms with E-state index in [9.17, 15) is 0 Å². The van der Waals surface area contributed by atoms with Crippen LogP contribution in [0.25, 0.3) is 5.95 Å². The minimum absolute atomic E-state index is 0.0425. The highest BCUT2D eigenvalue weighted by molar-refractivity contribution is 5.36. The standard InChI is InChI=1S/C10H17N9O/c1-3-20-7(2)4-13-8-15-9(18-11)17-10(16-8)19-6-12-5-14-19/h5-7H,3-4,11H2,1-2H3,(H2,13,15,16,17,18). The molecule has 0 spiro atoms. The highest BCUT2D eigenvalue weighted by Crippen LogP contribution is 2.07. The number of rotatable bonds is 7. The highest BCUT2D eigenvalue weighted by atomic mass is 16.5. The molecular formula is C10H17N9O. The van der Waals surface area contributed by atoms with Gasteiger partial charge in [0.1, 0.15) is 12.7 Å². The molecule has 20 heavy (non-hydrogen) atoms. The van der Waals surface area contributed by atoms with Crippen LogP contribution in [-0.4, -0.2) is 49.0 Å². The Morgan fingerprint density at radius 3 is 2.80 bits per heavy atom. The molecule has 0 aliphatic carbocycles. The molecule has 0 radical (unpaired) electrons. The smallest absolute Gasteiger partial charge is 0.258 e. The molecule has 0 aliphatic heterocycles. The molecule has 0 aromatic carbocycles. The SMILES string of the molecule is CCOC(C)CNc1nc(NN)nc(-n2cncn2)n1. The maximum absolute atomic E-state index is 5.42. The summed E-state index contributed by atoms with van der Waals surface area (Å²) in [5, 5.41) is 7.02. The van der Waals surface area contributed by atoms with E-state index in [-0.39, 0.29) is 12.1 Å². The van der Waals surface area contributed by atoms with Crippen LogP contribution in [0.3, 0.4) is 0 Å². The van der Waals surface area contributed by atoms with Crippen LogP contribution in [0.1, 0.15) is 13.8 Å². The lowest BCUT2D eigenvalue weighted by molar-refractivity contribution is 0.0854. The van der Waals surface area contributed by atoms with Gasteiger partial charge in [-0.1, -0.05) is 0 Å². The summed E-state index contributed by atoms with van der Waals surface area (Å²) in [5.41, 5.74) is 2.39. The van der Waals surface area contributed by atoms with Crippen LogP contribution in [0.2, 0.25) is 0 Å². The molecule has 10 nitrogen and oxygen atoms in total. The molecule has 0 amide bonds. The predicted molar refractivity (Wildman–Crippen MR) is 72.1 cm³/mol. The zero-order valence-electron chi connectivity index (χ0n) is 11.3. The average molecular weight is 279 g/mol. The minimum Gasteiger partial charge on any atom is -0.377 e. The van der Waals surface area contributed by atoms with Gasteiger partial charge in [-0.3, -0.25) is 5.43 Å². The van der Waals surface area contributed by atoms with E-state index in [0.717, 1.165) is 0 Å². The topological polar surface area (TPSA) is 129 Å². The Morgan fingerprint density at radius 2 is 2.15 bits per heavy atom. The van der Waals surface area contributed by atoms with E-state index >= 15 is 0 Å². The summed E-state index contributed by atoms with van der Waals surface area (Å²) in [6.45, 7) is 5.12. The Bertz CT molecular complexity index is 530. The van der Waals surface area contributed by atoms with Crippen LogP contribution >= 0.6 is 0 Å². The van der Waals surface area contributed by atoms with E-state index in [0.29, 0.717) is 25.0 Å². The molecule has 0 bridgehead atoms. The largest absolute Gasteiger partial charge is 0.377 e. The first-order valence-corrected chi connectivity index (χ1v) is 6.16. The van der Waals surface area contributed by atoms with Gasteiger partial charge in [-0.2, -0.15) is 24.7 Å². The molecule has 0 fully saturated rings. The zero-order chi connectivity index (χ0) is 14.4. The van der Waals surface area contributed by atoms with Crippen molar-refractivity contribution < 1.29 is 4.74 Å². The van der Waals surface area contributed by atoms with Crippen molar-refractivity contribution in [2.24, 2.45) is 5.84 Å². The molecule has 0 aliphatic rings. The Morgan fingerprint density at radius 1 is 1.35 bits per heavy atom. The molecule has 1 unspecified atom stereocenters. The number of nitrogens with one attached hydrogen (secondary N) is 2. The lowest BCUT2D eigenvalue weighted by Gasteiger charge is -2.13. The number of hydrogen-bond donors (Lipinski definition) is 3. The van der Waals surface area contributed by atoms with Crippen LogP contribution in [0.5, 0.6) is 0 Å². The monoisotopic (exact) mass is 279 g/mol. The number of hydrazine groups is 1. The van der Waals surface area contributed by atoms with E-state index in [1.165, 1.54) is 17.3 Å². The molecule has 10 heteroatoms. The third-order valence-corrected chi connectivity index (χ3v) is 2.38. The van der Waals surface area contributed by atoms with E-state index < -0.39 is 0 Å². The summed E-state index contributed by atoms with van der Waals surface area (Å²) in [5.74, 6) is 6.27. The van der Waals surface area contributed by atoms with Gasteiger partial charge >= 0.3 is 0 Å². The van der Waals surface area contributed by atoms with Gasteiger partial charge < -0.3 is 10.1 Å². The first-order chi connectivity index (χ1) is 9.72. The van der Waals surface area contributed by atoms with Crippen molar-refractivity contribution in [2.75, 3.05) is 23.9 Å². The zero-order valence-corrected chi connectivity index (χ0v) is 11.3. The van der Waals surface area contributed by atoms with Gasteiger partial charge in [0.15, 0.2) is 0 Å². The first kappa shape index (κ1) is 14.1. The fourth-order valence-corrected chi connectivity index (χ4v) is 1.50. The molecule has 108 valence electrons. The normalized spacial score (nSPS) is 12.2. The van der Waals surface area contributed by atoms with Crippen molar-refractivity contribution in [3.8, 4) is 5.95 Å². The lowest BCUT2D eigenvalue weighted by atomic mass is 10.4. The molecule has 0 saturated heterocycles. The van der Waals surface area contributed by atoms with Crippen LogP contribution in [0.15, 0.2) is 12.7 Å². The maximum atomic E-state index is 5.42. The van der Waals surface area contributed by atoms with Crippen LogP contribution in [0.4, 0.5) is 11.9 Å². The number of ether oxygens (including phenoxy) is 1. The minimum atomic E-state index is 0.0425. The number of nitrogen functional groups attached to an aromatic ring is 1. The predicted octanol–water partition coefficient (Wildman–Crippen LogP) is -0.425. The molecule has 0 saturated carbocycles. The van der Waals surface area contributed by atoms with Crippen molar-refractivity contribution in [1.82, 2.24) is 29.7 Å². The summed E-state index contributed by atoms with van der Waals surface area (Å²) < 4.78 is 6.84. The number of aromatic nitrogens is 6. The average Bonchev–Trinajstić information content (AvgIpc) is 2.99. The van der Waals surface area contributed by atoms with Gasteiger partial charge in [0.2, 0.25) is 11.9 Å². The fraction of sp³-hybridized carbons (Fsp3) is 0.500. The molecule has 2 aromatic rings. The Kier molecular flexibility index (Phi) is 4.74. The molecule has 2 aromatic heterocycles. The van der Waals surface area contributed by atoms with Crippen molar-refractivity contribution >= 4 is 11.9 Å². The Balaban J connectivity index is 2.14. The van der Waals surface area contributed by atoms with Gasteiger partial charge in [0.25, 0.3) is 5.95 Å². The maximum Gasteiger partial charge on any atom is 0.258 e. The van der Waals surface area contributed by atoms with Gasteiger partial charge in [-0.15, -0.1) is 0 Å². The first-order valence-electron chi connectivity index (χ1n) is 6.16. The highest BCUT2D eigenvalue weighted by Gasteiger charge is 2.09. The number of nitrogens with two attached hydrogens (primary N) is 1. The van der Waals surface area contributed by atoms with Gasteiger partial charge in [-0.05, 0) is 13.8 Å². The quantitative estimate of drug-likeness (QED) is 0.457. The summed E-state index contributed by atoms with van der Waals surface area (Å²) in [6.07, 6.45) is 2.92. The Hall–Kier alpha value is -2.33. The third-order valence-electron chi connectivity index (χ3n) is 2.38. The van der Waals surface area contributed by atoms with Crippen molar-refractivity contribution in [2.45, 2.75) is 20.0 Å². The lowest BCUT2D eigenvalue weighted by Crippen LogP contribution is -2.22. The summed E-state index contributed by atoms with van der Waals surface area (Å²) in [6, 6.07) is 0. The van der Waals surface area contributed by atoms with Gasteiger partial charge in [0, 0.05) is 13.2 Å². The molecular weight excluding hydrogens is 262 g/mol. The number of nitrogens with zero attached hydrogens (tertiary/aromatic N) is 6. The van der Waals surface area contributed by atoms with Crippen LogP contribution in [-0.2, 0) is 4.74 Å². The second-order valence-electron chi connectivity index (χ2n) is 3.91. The summed E-state index contributed by atoms with van der Waals surface area (Å²) >= 11 is 0. The second kappa shape index (κ2) is 6.73. The van der Waals surface area contributed by atoms with Crippen molar-refractivity contribution in [1.29, 1.82) is 0 Å². The van der Waals surface area contributed by atoms with Crippen LogP contribution < -0.4 is 16.6 Å². The van der Waals surface area contributed by atoms with E-state index in [4.69, 9.17) is 10.6 Å². The van der Waals surface area contributed by atoms with E-state index in [1.807, 2.05) is 13.8 Å². The van der Waals surface area contributed by atoms with Gasteiger partial charge in [0.05, 0.1) is 6.10 Å². The Labute approximate surface area is 115 Å². The molecule has 1 atom stereocenters. The number of hydrogen-bond acceptors (Lipinski definition) is 9. The molecule has 2 heterocycles. The van der Waals surface area contributed by atoms with Gasteiger partial charge in [-0.25, -0.2) is 10.8 Å². The fourth-order valence-electron chi connectivity index (χ4n) is 1.50. The second-order valence-corrected chi connectivity index (χ2v) is 3.91. The van der Waals surface area contributed by atoms with E-state index in [1.54, 1.807) is 0 Å². The molecule has 2 rings (SSSR count).